The zero-order chi connectivity index (χ0) is 15.9. The number of aliphatic imine (C=N–C) groups is 1. The van der Waals surface area contributed by atoms with E-state index in [0.29, 0.717) is 18.5 Å². The number of aromatic nitrogens is 1. The van der Waals surface area contributed by atoms with Crippen LogP contribution in [0.3, 0.4) is 0 Å². The topological polar surface area (TPSA) is 62.5 Å². The lowest BCUT2D eigenvalue weighted by Gasteiger charge is -2.15. The van der Waals surface area contributed by atoms with Crippen molar-refractivity contribution < 1.29 is 4.42 Å². The Hall–Kier alpha value is -1.57. The van der Waals surface area contributed by atoms with E-state index in [4.69, 9.17) is 4.42 Å². The van der Waals surface area contributed by atoms with E-state index in [1.165, 1.54) is 5.56 Å². The maximum Gasteiger partial charge on any atom is 0.226 e. The first-order valence-electron chi connectivity index (χ1n) is 7.61. The molecule has 1 heterocycles. The normalized spacial score (nSPS) is 12.4. The Balaban J connectivity index is 0.00000264. The van der Waals surface area contributed by atoms with Gasteiger partial charge in [0, 0.05) is 18.7 Å². The van der Waals surface area contributed by atoms with Gasteiger partial charge >= 0.3 is 0 Å². The third kappa shape index (κ3) is 5.85. The second-order valence-corrected chi connectivity index (χ2v) is 5.39. The highest BCUT2D eigenvalue weighted by molar-refractivity contribution is 14.0. The molecule has 23 heavy (non-hydrogen) atoms. The van der Waals surface area contributed by atoms with Crippen LogP contribution in [0.15, 0.2) is 39.9 Å². The molecule has 126 valence electrons. The zero-order valence-electron chi connectivity index (χ0n) is 14.1. The van der Waals surface area contributed by atoms with Gasteiger partial charge in [0.05, 0.1) is 12.2 Å². The summed E-state index contributed by atoms with van der Waals surface area (Å²) >= 11 is 0. The Labute approximate surface area is 155 Å². The fraction of sp³-hybridized carbons (Fsp3) is 0.412. The van der Waals surface area contributed by atoms with E-state index in [0.717, 1.165) is 23.6 Å². The molecular weight excluding hydrogens is 403 g/mol. The van der Waals surface area contributed by atoms with Crippen LogP contribution in [-0.2, 0) is 6.54 Å². The lowest BCUT2D eigenvalue weighted by Crippen LogP contribution is -2.41. The molecule has 5 nitrogen and oxygen atoms in total. The van der Waals surface area contributed by atoms with Crippen LogP contribution in [0.1, 0.15) is 31.5 Å². The molecule has 0 bridgehead atoms. The molecule has 1 aromatic carbocycles. The predicted octanol–water partition coefficient (Wildman–Crippen LogP) is 3.73. The van der Waals surface area contributed by atoms with Crippen LogP contribution in [0, 0.1) is 6.92 Å². The third-order valence-corrected chi connectivity index (χ3v) is 3.51. The molecule has 0 radical (unpaired) electrons. The summed E-state index contributed by atoms with van der Waals surface area (Å²) in [7, 11) is 1.76. The number of oxazole rings is 1. The molecule has 0 saturated carbocycles. The van der Waals surface area contributed by atoms with E-state index in [1.54, 1.807) is 13.3 Å². The van der Waals surface area contributed by atoms with Crippen molar-refractivity contribution in [1.29, 1.82) is 0 Å². The van der Waals surface area contributed by atoms with E-state index >= 15 is 0 Å². The quantitative estimate of drug-likeness (QED) is 0.433. The fourth-order valence-corrected chi connectivity index (χ4v) is 1.92. The summed E-state index contributed by atoms with van der Waals surface area (Å²) in [5.41, 5.74) is 3.05. The Morgan fingerprint density at radius 2 is 2.00 bits per heavy atom. The van der Waals surface area contributed by atoms with Crippen LogP contribution in [-0.4, -0.2) is 24.0 Å². The average Bonchev–Trinajstić information content (AvgIpc) is 3.00. The van der Waals surface area contributed by atoms with Crippen LogP contribution in [0.2, 0.25) is 0 Å². The maximum atomic E-state index is 5.55. The fourth-order valence-electron chi connectivity index (χ4n) is 1.92. The first-order chi connectivity index (χ1) is 10.6. The van der Waals surface area contributed by atoms with Crippen LogP contribution < -0.4 is 10.6 Å². The number of hydrogen-bond donors (Lipinski definition) is 2. The summed E-state index contributed by atoms with van der Waals surface area (Å²) in [5, 5.41) is 6.55. The largest absolute Gasteiger partial charge is 0.444 e. The molecule has 0 aliphatic carbocycles. The number of halogens is 1. The van der Waals surface area contributed by atoms with Crippen molar-refractivity contribution in [3.63, 3.8) is 0 Å². The number of nitrogens with one attached hydrogen (secondary N) is 2. The highest BCUT2D eigenvalue weighted by Crippen LogP contribution is 2.18. The average molecular weight is 428 g/mol. The summed E-state index contributed by atoms with van der Waals surface area (Å²) in [5.74, 6) is 1.41. The van der Waals surface area contributed by atoms with Gasteiger partial charge in [0.15, 0.2) is 5.96 Å². The number of guanidine groups is 1. The second-order valence-electron chi connectivity index (χ2n) is 5.39. The Kier molecular flexibility index (Phi) is 8.08. The third-order valence-electron chi connectivity index (χ3n) is 3.51. The lowest BCUT2D eigenvalue weighted by atomic mass is 10.1. The molecule has 0 aliphatic heterocycles. The molecule has 0 spiro atoms. The molecule has 2 aromatic rings. The van der Waals surface area contributed by atoms with Crippen molar-refractivity contribution in [2.45, 2.75) is 39.8 Å². The van der Waals surface area contributed by atoms with Gasteiger partial charge in [-0.05, 0) is 32.4 Å². The van der Waals surface area contributed by atoms with E-state index in [2.05, 4.69) is 53.5 Å². The molecule has 0 amide bonds. The van der Waals surface area contributed by atoms with Crippen LogP contribution in [0.4, 0.5) is 0 Å². The molecule has 6 heteroatoms. The number of nitrogens with zero attached hydrogens (tertiary/aromatic N) is 2. The lowest BCUT2D eigenvalue weighted by molar-refractivity contribution is 0.571. The van der Waals surface area contributed by atoms with Crippen molar-refractivity contribution in [1.82, 2.24) is 15.6 Å². The molecule has 0 aliphatic rings. The summed E-state index contributed by atoms with van der Waals surface area (Å²) in [6.45, 7) is 6.89. The van der Waals surface area contributed by atoms with Gasteiger partial charge in [0.25, 0.3) is 0 Å². The number of aryl methyl sites for hydroxylation is 1. The Bertz CT molecular complexity index is 622. The van der Waals surface area contributed by atoms with E-state index < -0.39 is 0 Å². The minimum absolute atomic E-state index is 0. The first-order valence-corrected chi connectivity index (χ1v) is 7.61. The highest BCUT2D eigenvalue weighted by Gasteiger charge is 2.08. The van der Waals surface area contributed by atoms with Crippen LogP contribution in [0.5, 0.6) is 0 Å². The van der Waals surface area contributed by atoms with Gasteiger partial charge in [-0.15, -0.1) is 24.0 Å². The summed E-state index contributed by atoms with van der Waals surface area (Å²) in [6.07, 6.45) is 2.72. The first kappa shape index (κ1) is 19.5. The highest BCUT2D eigenvalue weighted by atomic mass is 127. The van der Waals surface area contributed by atoms with Gasteiger partial charge in [-0.1, -0.05) is 24.6 Å². The molecule has 1 aromatic heterocycles. The number of benzene rings is 1. The van der Waals surface area contributed by atoms with Gasteiger partial charge in [0.1, 0.15) is 6.26 Å². The number of hydrogen-bond acceptors (Lipinski definition) is 3. The second kappa shape index (κ2) is 9.54. The van der Waals surface area contributed by atoms with Crippen molar-refractivity contribution in [2.24, 2.45) is 4.99 Å². The van der Waals surface area contributed by atoms with E-state index in [-0.39, 0.29) is 24.0 Å². The van der Waals surface area contributed by atoms with Gasteiger partial charge in [-0.3, -0.25) is 4.99 Å². The minimum Gasteiger partial charge on any atom is -0.444 e. The molecule has 0 saturated heterocycles. The Morgan fingerprint density at radius 1 is 1.30 bits per heavy atom. The maximum absolute atomic E-state index is 5.55. The standard InChI is InChI=1S/C17H24N4O.HI/c1-5-13(3)20-17(18-4)19-10-15-11-22-16(21-15)14-8-6-12(2)7-9-14;/h6-9,11,13H,5,10H2,1-4H3,(H2,18,19,20);1H. The summed E-state index contributed by atoms with van der Waals surface area (Å²) < 4.78 is 5.55. The molecule has 2 N–H and O–H groups in total. The Morgan fingerprint density at radius 3 is 2.61 bits per heavy atom. The van der Waals surface area contributed by atoms with E-state index in [9.17, 15) is 0 Å². The van der Waals surface area contributed by atoms with E-state index in [1.807, 2.05) is 12.1 Å². The molecule has 1 atom stereocenters. The smallest absolute Gasteiger partial charge is 0.226 e. The summed E-state index contributed by atoms with van der Waals surface area (Å²) in [4.78, 5) is 8.71. The van der Waals surface area contributed by atoms with Crippen molar-refractivity contribution >= 4 is 29.9 Å². The molecule has 0 fully saturated rings. The van der Waals surface area contributed by atoms with Crippen LogP contribution >= 0.6 is 24.0 Å². The predicted molar refractivity (Wildman–Crippen MR) is 105 cm³/mol. The minimum atomic E-state index is 0. The van der Waals surface area contributed by atoms with Crippen molar-refractivity contribution in [2.75, 3.05) is 7.05 Å². The van der Waals surface area contributed by atoms with Gasteiger partial charge in [-0.25, -0.2) is 4.98 Å². The van der Waals surface area contributed by atoms with Gasteiger partial charge in [-0.2, -0.15) is 0 Å². The van der Waals surface area contributed by atoms with Crippen LogP contribution in [0.25, 0.3) is 11.5 Å². The van der Waals surface area contributed by atoms with Gasteiger partial charge in [0.2, 0.25) is 5.89 Å². The monoisotopic (exact) mass is 428 g/mol. The zero-order valence-corrected chi connectivity index (χ0v) is 16.4. The molecule has 1 unspecified atom stereocenters. The SMILES string of the molecule is CCC(C)NC(=NC)NCc1coc(-c2ccc(C)cc2)n1.I. The summed E-state index contributed by atoms with van der Waals surface area (Å²) in [6, 6.07) is 8.51. The van der Waals surface area contributed by atoms with Crippen molar-refractivity contribution in [3.05, 3.63) is 41.8 Å². The molecular formula is C17H25IN4O. The van der Waals surface area contributed by atoms with Gasteiger partial charge < -0.3 is 15.1 Å². The van der Waals surface area contributed by atoms with Crippen molar-refractivity contribution in [3.8, 4) is 11.5 Å². The molecule has 2 rings (SSSR count). The number of rotatable bonds is 5.